The molecule has 0 atom stereocenters. The molecule has 3 N–H and O–H groups in total. The first kappa shape index (κ1) is 34.4. The van der Waals surface area contributed by atoms with Crippen molar-refractivity contribution in [1.29, 1.82) is 0 Å². The molecule has 1 aliphatic rings. The zero-order valence-corrected chi connectivity index (χ0v) is 28.9. The smallest absolute Gasteiger partial charge is 0.320 e. The number of hydrogen-bond donors (Lipinski definition) is 3. The first-order chi connectivity index (χ1) is 22.8. The summed E-state index contributed by atoms with van der Waals surface area (Å²) in [5.74, 6) is 1.74. The number of pyridine rings is 1. The lowest BCUT2D eigenvalue weighted by Crippen LogP contribution is -2.29. The summed E-state index contributed by atoms with van der Waals surface area (Å²) in [5, 5.41) is 21.2. The number of amides is 2. The molecule has 0 saturated heterocycles. The van der Waals surface area contributed by atoms with Crippen molar-refractivity contribution in [1.82, 2.24) is 19.7 Å². The number of hydrogen-bond acceptors (Lipinski definition) is 6. The number of aryl methyl sites for hydroxylation is 1. The van der Waals surface area contributed by atoms with Crippen LogP contribution in [0, 0.1) is 13.8 Å². The standard InChI is InChI=1S/C37H42ClN5O5/c1-23-16-32(24(2)35(45)42(23)21-25-10-9-13-29(17-25)47-6)48-22-27-12-8-7-11-26(27)20-39-36(46)40-34-19-33(37(3,4)5)41-43(34)28-14-15-30(38)31(44)18-28/h7-13,16-19,44H,14-15,20-22H2,1-6H3,(H2,39,40,46). The zero-order chi connectivity index (χ0) is 34.6. The molecule has 0 spiro atoms. The van der Waals surface area contributed by atoms with Crippen LogP contribution in [0.4, 0.5) is 10.6 Å². The SMILES string of the molecule is COc1cccc(Cn2c(C)cc(OCc3ccccc3CNC(=O)Nc3cc(C(C)(C)C)nn3C3=CC(O)=C(Cl)CC3)c(C)c2=O)c1. The van der Waals surface area contributed by atoms with Gasteiger partial charge in [-0.1, -0.05) is 68.8 Å². The Kier molecular flexibility index (Phi) is 10.3. The van der Waals surface area contributed by atoms with Crippen LogP contribution in [0.3, 0.4) is 0 Å². The van der Waals surface area contributed by atoms with E-state index in [0.717, 1.165) is 39.5 Å². The number of rotatable bonds is 10. The van der Waals surface area contributed by atoms with Gasteiger partial charge in [-0.15, -0.1) is 0 Å². The molecule has 0 fully saturated rings. The van der Waals surface area contributed by atoms with E-state index in [1.165, 1.54) is 0 Å². The van der Waals surface area contributed by atoms with E-state index in [1.807, 2.05) is 88.4 Å². The number of allylic oxidation sites excluding steroid dienone is 3. The highest BCUT2D eigenvalue weighted by atomic mass is 35.5. The lowest BCUT2D eigenvalue weighted by atomic mass is 9.92. The van der Waals surface area contributed by atoms with E-state index in [2.05, 4.69) is 10.6 Å². The van der Waals surface area contributed by atoms with Crippen molar-refractivity contribution in [3.05, 3.63) is 122 Å². The number of urea groups is 1. The third kappa shape index (κ3) is 7.94. The number of nitrogens with zero attached hydrogens (tertiary/aromatic N) is 3. The summed E-state index contributed by atoms with van der Waals surface area (Å²) in [4.78, 5) is 26.5. The summed E-state index contributed by atoms with van der Waals surface area (Å²) in [7, 11) is 1.62. The van der Waals surface area contributed by atoms with Gasteiger partial charge >= 0.3 is 6.03 Å². The summed E-state index contributed by atoms with van der Waals surface area (Å²) in [6.07, 6.45) is 2.63. The van der Waals surface area contributed by atoms with Crippen LogP contribution in [0.25, 0.3) is 5.70 Å². The quantitative estimate of drug-likeness (QED) is 0.160. The van der Waals surface area contributed by atoms with E-state index < -0.39 is 6.03 Å². The number of anilines is 1. The fourth-order valence-corrected chi connectivity index (χ4v) is 5.55. The Morgan fingerprint density at radius 2 is 1.79 bits per heavy atom. The minimum atomic E-state index is -0.410. The molecule has 0 bridgehead atoms. The molecular weight excluding hydrogens is 630 g/mol. The minimum Gasteiger partial charge on any atom is -0.507 e. The maximum Gasteiger partial charge on any atom is 0.320 e. The van der Waals surface area contributed by atoms with E-state index in [4.69, 9.17) is 26.2 Å². The molecule has 2 aromatic carbocycles. The van der Waals surface area contributed by atoms with Gasteiger partial charge in [0, 0.05) is 35.5 Å². The Hall–Kier alpha value is -4.96. The number of aliphatic hydroxyl groups is 1. The molecule has 4 aromatic rings. The van der Waals surface area contributed by atoms with E-state index >= 15 is 0 Å². The molecule has 2 aromatic heterocycles. The topological polar surface area (TPSA) is 120 Å². The third-order valence-electron chi connectivity index (χ3n) is 8.29. The van der Waals surface area contributed by atoms with Crippen LogP contribution in [0.15, 0.2) is 82.3 Å². The average Bonchev–Trinajstić information content (AvgIpc) is 3.49. The van der Waals surface area contributed by atoms with Crippen molar-refractivity contribution in [2.24, 2.45) is 0 Å². The monoisotopic (exact) mass is 671 g/mol. The summed E-state index contributed by atoms with van der Waals surface area (Å²) in [6, 6.07) is 18.6. The molecule has 0 saturated carbocycles. The Bertz CT molecular complexity index is 1950. The summed E-state index contributed by atoms with van der Waals surface area (Å²) < 4.78 is 14.9. The number of methoxy groups -OCH3 is 1. The highest BCUT2D eigenvalue weighted by molar-refractivity contribution is 6.30. The molecule has 252 valence electrons. The Labute approximate surface area is 285 Å². The number of carbonyl (C=O) groups excluding carboxylic acids is 1. The second kappa shape index (κ2) is 14.4. The first-order valence-electron chi connectivity index (χ1n) is 15.8. The van der Waals surface area contributed by atoms with Crippen molar-refractivity contribution < 1.29 is 19.4 Å². The summed E-state index contributed by atoms with van der Waals surface area (Å²) >= 11 is 6.10. The number of ether oxygens (including phenoxy) is 2. The van der Waals surface area contributed by atoms with Gasteiger partial charge in [-0.3, -0.25) is 10.1 Å². The van der Waals surface area contributed by atoms with Crippen LogP contribution in [0.1, 0.15) is 67.3 Å². The van der Waals surface area contributed by atoms with Gasteiger partial charge in [0.15, 0.2) is 0 Å². The molecule has 48 heavy (non-hydrogen) atoms. The molecule has 2 amide bonds. The highest BCUT2D eigenvalue weighted by Gasteiger charge is 2.24. The molecule has 5 rings (SSSR count). The van der Waals surface area contributed by atoms with E-state index in [0.29, 0.717) is 41.5 Å². The lowest BCUT2D eigenvalue weighted by molar-refractivity contribution is 0.251. The van der Waals surface area contributed by atoms with Crippen LogP contribution < -0.4 is 25.7 Å². The van der Waals surface area contributed by atoms with E-state index in [-0.39, 0.29) is 29.9 Å². The van der Waals surface area contributed by atoms with Crippen molar-refractivity contribution in [3.8, 4) is 11.5 Å². The predicted molar refractivity (Wildman–Crippen MR) is 189 cm³/mol. The van der Waals surface area contributed by atoms with Crippen LogP contribution in [0.2, 0.25) is 0 Å². The Morgan fingerprint density at radius 3 is 2.50 bits per heavy atom. The molecule has 10 nitrogen and oxygen atoms in total. The zero-order valence-electron chi connectivity index (χ0n) is 28.2. The van der Waals surface area contributed by atoms with Crippen LogP contribution in [-0.4, -0.2) is 32.6 Å². The van der Waals surface area contributed by atoms with Crippen molar-refractivity contribution in [3.63, 3.8) is 0 Å². The minimum absolute atomic E-state index is 0.000269. The van der Waals surface area contributed by atoms with Crippen LogP contribution >= 0.6 is 11.6 Å². The van der Waals surface area contributed by atoms with Gasteiger partial charge in [0.25, 0.3) is 5.56 Å². The van der Waals surface area contributed by atoms with Gasteiger partial charge in [-0.05, 0) is 61.6 Å². The second-order valence-corrected chi connectivity index (χ2v) is 13.3. The summed E-state index contributed by atoms with van der Waals surface area (Å²) in [5.41, 5.74) is 5.14. The van der Waals surface area contributed by atoms with Crippen molar-refractivity contribution in [2.45, 2.75) is 72.6 Å². The van der Waals surface area contributed by atoms with Crippen LogP contribution in [-0.2, 0) is 25.1 Å². The van der Waals surface area contributed by atoms with Gasteiger partial charge in [0.1, 0.15) is 29.7 Å². The van der Waals surface area contributed by atoms with Gasteiger partial charge in [-0.25, -0.2) is 9.48 Å². The van der Waals surface area contributed by atoms with E-state index in [1.54, 1.807) is 29.4 Å². The maximum atomic E-state index is 13.4. The molecule has 11 heteroatoms. The van der Waals surface area contributed by atoms with Gasteiger partial charge < -0.3 is 24.5 Å². The largest absolute Gasteiger partial charge is 0.507 e. The fraction of sp³-hybridized carbons (Fsp3) is 0.324. The predicted octanol–water partition coefficient (Wildman–Crippen LogP) is 7.56. The normalized spacial score (nSPS) is 13.3. The number of halogens is 1. The van der Waals surface area contributed by atoms with Gasteiger partial charge in [0.05, 0.1) is 29.9 Å². The van der Waals surface area contributed by atoms with Crippen molar-refractivity contribution >= 4 is 29.1 Å². The van der Waals surface area contributed by atoms with Crippen molar-refractivity contribution in [2.75, 3.05) is 12.4 Å². The molecule has 2 heterocycles. The Balaban J connectivity index is 1.27. The number of benzene rings is 2. The lowest BCUT2D eigenvalue weighted by Gasteiger charge is -2.18. The highest BCUT2D eigenvalue weighted by Crippen LogP contribution is 2.32. The van der Waals surface area contributed by atoms with Gasteiger partial charge in [-0.2, -0.15) is 5.10 Å². The number of aromatic nitrogens is 3. The molecule has 0 unspecified atom stereocenters. The first-order valence-corrected chi connectivity index (χ1v) is 16.2. The molecule has 0 aliphatic heterocycles. The fourth-order valence-electron chi connectivity index (χ4n) is 5.40. The van der Waals surface area contributed by atoms with Gasteiger partial charge in [0.2, 0.25) is 0 Å². The Morgan fingerprint density at radius 1 is 1.04 bits per heavy atom. The average molecular weight is 672 g/mol. The number of carbonyl (C=O) groups is 1. The van der Waals surface area contributed by atoms with Crippen LogP contribution in [0.5, 0.6) is 11.5 Å². The third-order valence-corrected chi connectivity index (χ3v) is 8.67. The molecule has 0 radical (unpaired) electrons. The maximum absolute atomic E-state index is 13.4. The molecular formula is C37H42ClN5O5. The molecule has 1 aliphatic carbocycles. The van der Waals surface area contributed by atoms with E-state index in [9.17, 15) is 14.7 Å². The second-order valence-electron chi connectivity index (χ2n) is 12.9. The number of aliphatic hydroxyl groups excluding tert-OH is 1. The summed E-state index contributed by atoms with van der Waals surface area (Å²) in [6.45, 7) is 10.7. The number of nitrogens with one attached hydrogen (secondary N) is 2.